The molecule has 0 bridgehead atoms. The molecule has 2 aromatic carbocycles. The molecule has 1 unspecified atom stereocenters. The molecule has 0 aliphatic carbocycles. The number of thioether (sulfide) groups is 1. The van der Waals surface area contributed by atoms with Crippen LogP contribution in [0.4, 0.5) is 10.1 Å². The quantitative estimate of drug-likeness (QED) is 0.660. The molecule has 3 aromatic rings. The van der Waals surface area contributed by atoms with E-state index in [1.54, 1.807) is 23.9 Å². The summed E-state index contributed by atoms with van der Waals surface area (Å²) in [7, 11) is 0. The summed E-state index contributed by atoms with van der Waals surface area (Å²) in [5.41, 5.74) is 7.52. The Balaban J connectivity index is 1.43. The van der Waals surface area contributed by atoms with Gasteiger partial charge >= 0.3 is 0 Å². The zero-order chi connectivity index (χ0) is 17.1. The summed E-state index contributed by atoms with van der Waals surface area (Å²) in [6, 6.07) is 9.86. The van der Waals surface area contributed by atoms with E-state index in [0.717, 1.165) is 35.7 Å². The SMILES string of the molecule is Cc1ccc2[nH]c3c(c2c1)CCN(C1Nc2c(C)cc(F)cc2S1)C3. The van der Waals surface area contributed by atoms with Gasteiger partial charge in [0, 0.05) is 34.6 Å². The van der Waals surface area contributed by atoms with Crippen molar-refractivity contribution in [2.45, 2.75) is 37.2 Å². The number of rotatable bonds is 1. The van der Waals surface area contributed by atoms with Crippen LogP contribution in [-0.4, -0.2) is 21.9 Å². The average molecular weight is 353 g/mol. The fourth-order valence-electron chi connectivity index (χ4n) is 4.00. The summed E-state index contributed by atoms with van der Waals surface area (Å²) in [5, 5.41) is 4.95. The number of hydrogen-bond acceptors (Lipinski definition) is 3. The zero-order valence-electron chi connectivity index (χ0n) is 14.3. The third-order valence-electron chi connectivity index (χ3n) is 5.26. The maximum Gasteiger partial charge on any atom is 0.133 e. The van der Waals surface area contributed by atoms with Gasteiger partial charge in [-0.25, -0.2) is 4.39 Å². The van der Waals surface area contributed by atoms with Crippen LogP contribution in [0.2, 0.25) is 0 Å². The Bertz CT molecular complexity index is 994. The summed E-state index contributed by atoms with van der Waals surface area (Å²) in [4.78, 5) is 7.05. The minimum Gasteiger partial charge on any atom is -0.360 e. The first kappa shape index (κ1) is 15.3. The number of anilines is 1. The first-order valence-electron chi connectivity index (χ1n) is 8.66. The van der Waals surface area contributed by atoms with Crippen LogP contribution >= 0.6 is 11.8 Å². The van der Waals surface area contributed by atoms with E-state index in [2.05, 4.69) is 40.3 Å². The topological polar surface area (TPSA) is 31.1 Å². The van der Waals surface area contributed by atoms with E-state index >= 15 is 0 Å². The summed E-state index contributed by atoms with van der Waals surface area (Å²) < 4.78 is 13.7. The van der Waals surface area contributed by atoms with Crippen LogP contribution in [0, 0.1) is 19.7 Å². The minimum atomic E-state index is -0.155. The van der Waals surface area contributed by atoms with Crippen molar-refractivity contribution >= 4 is 28.4 Å². The van der Waals surface area contributed by atoms with Gasteiger partial charge in [0.2, 0.25) is 0 Å². The summed E-state index contributed by atoms with van der Waals surface area (Å²) in [6.07, 6.45) is 1.04. The van der Waals surface area contributed by atoms with E-state index in [-0.39, 0.29) is 11.3 Å². The second-order valence-electron chi connectivity index (χ2n) is 7.06. The lowest BCUT2D eigenvalue weighted by atomic mass is 10.0. The van der Waals surface area contributed by atoms with Gasteiger partial charge in [-0.3, -0.25) is 4.90 Å². The van der Waals surface area contributed by atoms with Gasteiger partial charge in [0.25, 0.3) is 0 Å². The first-order chi connectivity index (χ1) is 12.1. The molecule has 25 heavy (non-hydrogen) atoms. The molecular weight excluding hydrogens is 333 g/mol. The molecule has 3 heterocycles. The smallest absolute Gasteiger partial charge is 0.133 e. The Morgan fingerprint density at radius 1 is 1.20 bits per heavy atom. The Labute approximate surface area is 150 Å². The van der Waals surface area contributed by atoms with Crippen molar-refractivity contribution in [3.05, 3.63) is 58.5 Å². The molecule has 0 amide bonds. The fraction of sp³-hybridized carbons (Fsp3) is 0.300. The van der Waals surface area contributed by atoms with Crippen LogP contribution in [0.25, 0.3) is 10.9 Å². The van der Waals surface area contributed by atoms with E-state index < -0.39 is 0 Å². The van der Waals surface area contributed by atoms with E-state index in [0.29, 0.717) is 0 Å². The molecule has 0 saturated heterocycles. The van der Waals surface area contributed by atoms with Crippen molar-refractivity contribution in [2.75, 3.05) is 11.9 Å². The maximum atomic E-state index is 13.7. The number of aryl methyl sites for hydroxylation is 2. The molecule has 5 heteroatoms. The Kier molecular flexibility index (Phi) is 3.37. The van der Waals surface area contributed by atoms with Gasteiger partial charge in [0.15, 0.2) is 0 Å². The molecule has 1 aromatic heterocycles. The Morgan fingerprint density at radius 2 is 2.08 bits per heavy atom. The average Bonchev–Trinajstić information content (AvgIpc) is 3.15. The molecule has 2 aliphatic rings. The number of aromatic amines is 1. The van der Waals surface area contributed by atoms with Crippen LogP contribution in [0.15, 0.2) is 35.2 Å². The van der Waals surface area contributed by atoms with Crippen LogP contribution in [0.1, 0.15) is 22.4 Å². The van der Waals surface area contributed by atoms with Crippen LogP contribution in [0.3, 0.4) is 0 Å². The zero-order valence-corrected chi connectivity index (χ0v) is 15.1. The van der Waals surface area contributed by atoms with Crippen LogP contribution in [-0.2, 0) is 13.0 Å². The first-order valence-corrected chi connectivity index (χ1v) is 9.54. The van der Waals surface area contributed by atoms with Crippen molar-refractivity contribution < 1.29 is 4.39 Å². The van der Waals surface area contributed by atoms with Crippen molar-refractivity contribution in [1.29, 1.82) is 0 Å². The molecule has 5 rings (SSSR count). The van der Waals surface area contributed by atoms with Gasteiger partial charge in [-0.05, 0) is 55.7 Å². The monoisotopic (exact) mass is 353 g/mol. The number of H-pyrrole nitrogens is 1. The third kappa shape index (κ3) is 2.45. The highest BCUT2D eigenvalue weighted by molar-refractivity contribution is 8.00. The number of halogens is 1. The number of aromatic nitrogens is 1. The van der Waals surface area contributed by atoms with Crippen molar-refractivity contribution in [3.8, 4) is 0 Å². The van der Waals surface area contributed by atoms with E-state index in [9.17, 15) is 4.39 Å². The van der Waals surface area contributed by atoms with Gasteiger partial charge < -0.3 is 10.3 Å². The van der Waals surface area contributed by atoms with Gasteiger partial charge in [-0.1, -0.05) is 23.4 Å². The van der Waals surface area contributed by atoms with Crippen molar-refractivity contribution in [1.82, 2.24) is 9.88 Å². The van der Waals surface area contributed by atoms with E-state index in [4.69, 9.17) is 0 Å². The Morgan fingerprint density at radius 3 is 2.96 bits per heavy atom. The molecule has 1 atom stereocenters. The summed E-state index contributed by atoms with van der Waals surface area (Å²) in [5.74, 6) is -0.155. The molecular formula is C20H20FN3S. The molecule has 0 saturated carbocycles. The predicted octanol–water partition coefficient (Wildman–Crippen LogP) is 4.78. The lowest BCUT2D eigenvalue weighted by molar-refractivity contribution is 0.251. The minimum absolute atomic E-state index is 0.155. The lowest BCUT2D eigenvalue weighted by Gasteiger charge is -2.31. The van der Waals surface area contributed by atoms with E-state index in [1.165, 1.54) is 27.7 Å². The lowest BCUT2D eigenvalue weighted by Crippen LogP contribution is -2.40. The third-order valence-corrected chi connectivity index (χ3v) is 6.48. The number of nitrogens with zero attached hydrogens (tertiary/aromatic N) is 1. The standard InChI is InChI=1S/C20H20FN3S/c1-11-3-4-16-15(7-11)14-5-6-24(10-17(14)22-16)20-23-19-12(2)8-13(21)9-18(19)25-20/h3-4,7-9,20,22-23H,5-6,10H2,1-2H3. The highest BCUT2D eigenvalue weighted by Crippen LogP contribution is 2.43. The van der Waals surface area contributed by atoms with Gasteiger partial charge in [-0.2, -0.15) is 0 Å². The molecule has 2 N–H and O–H groups in total. The normalized spacial score (nSPS) is 19.7. The fourth-order valence-corrected chi connectivity index (χ4v) is 5.27. The van der Waals surface area contributed by atoms with Gasteiger partial charge in [0.05, 0.1) is 5.69 Å². The molecule has 3 nitrogen and oxygen atoms in total. The number of hydrogen-bond donors (Lipinski definition) is 2. The molecule has 128 valence electrons. The number of fused-ring (bicyclic) bond motifs is 4. The second-order valence-corrected chi connectivity index (χ2v) is 8.18. The van der Waals surface area contributed by atoms with Crippen molar-refractivity contribution in [3.63, 3.8) is 0 Å². The Hall–Kier alpha value is -1.98. The van der Waals surface area contributed by atoms with Gasteiger partial charge in [0.1, 0.15) is 11.3 Å². The highest BCUT2D eigenvalue weighted by atomic mass is 32.2. The molecule has 0 spiro atoms. The maximum absolute atomic E-state index is 13.7. The summed E-state index contributed by atoms with van der Waals surface area (Å²) in [6.45, 7) is 6.01. The largest absolute Gasteiger partial charge is 0.360 e. The number of benzene rings is 2. The molecule has 0 radical (unpaired) electrons. The van der Waals surface area contributed by atoms with Crippen LogP contribution < -0.4 is 5.32 Å². The van der Waals surface area contributed by atoms with Gasteiger partial charge in [-0.15, -0.1) is 0 Å². The van der Waals surface area contributed by atoms with E-state index in [1.807, 2.05) is 6.92 Å². The van der Waals surface area contributed by atoms with Crippen molar-refractivity contribution in [2.24, 2.45) is 0 Å². The van der Waals surface area contributed by atoms with Crippen LogP contribution in [0.5, 0.6) is 0 Å². The number of nitrogens with one attached hydrogen (secondary N) is 2. The second kappa shape index (κ2) is 5.51. The summed E-state index contributed by atoms with van der Waals surface area (Å²) >= 11 is 1.72. The molecule has 0 fully saturated rings. The highest BCUT2D eigenvalue weighted by Gasteiger charge is 2.31. The molecule has 2 aliphatic heterocycles. The predicted molar refractivity (Wildman–Crippen MR) is 102 cm³/mol.